The number of carbonyl (C=O) groups excluding carboxylic acids is 1. The molecule has 0 radical (unpaired) electrons. The Balaban J connectivity index is 1.60. The molecule has 1 aliphatic rings. The van der Waals surface area contributed by atoms with E-state index in [4.69, 9.17) is 14.0 Å². The van der Waals surface area contributed by atoms with Crippen molar-refractivity contribution in [2.45, 2.75) is 30.6 Å². The SMILES string of the molecule is O=C(OC[C@H]1O[C@@H](n2ccc3ccccc32)[C@H](O)[C@@H](OP(=O)(O)O)[C@@H]1O)c1ccccc1. The third-order valence-corrected chi connectivity index (χ3v) is 5.73. The molecule has 0 aliphatic carbocycles. The van der Waals surface area contributed by atoms with Gasteiger partial charge in [0.2, 0.25) is 0 Å². The number of phosphoric acid groups is 1. The van der Waals surface area contributed by atoms with Crippen molar-refractivity contribution in [3.8, 4) is 0 Å². The van der Waals surface area contributed by atoms with Crippen molar-refractivity contribution >= 4 is 24.7 Å². The molecule has 5 atom stereocenters. The number of phosphoric ester groups is 1. The molecule has 0 saturated carbocycles. The van der Waals surface area contributed by atoms with Crippen LogP contribution in [0, 0.1) is 0 Å². The number of benzene rings is 2. The van der Waals surface area contributed by atoms with Crippen molar-refractivity contribution in [2.24, 2.45) is 0 Å². The maximum atomic E-state index is 12.3. The number of nitrogens with zero attached hydrogens (tertiary/aromatic N) is 1. The lowest BCUT2D eigenvalue weighted by atomic mass is 9.98. The molecule has 2 heterocycles. The molecule has 170 valence electrons. The van der Waals surface area contributed by atoms with Gasteiger partial charge in [0.15, 0.2) is 6.23 Å². The van der Waals surface area contributed by atoms with E-state index < -0.39 is 51.0 Å². The molecule has 3 aromatic rings. The lowest BCUT2D eigenvalue weighted by Gasteiger charge is -2.42. The van der Waals surface area contributed by atoms with Crippen LogP contribution in [0.3, 0.4) is 0 Å². The molecule has 10 nitrogen and oxygen atoms in total. The first-order chi connectivity index (χ1) is 15.2. The highest BCUT2D eigenvalue weighted by Gasteiger charge is 2.49. The van der Waals surface area contributed by atoms with Crippen molar-refractivity contribution in [1.82, 2.24) is 4.57 Å². The number of ether oxygens (including phenoxy) is 2. The van der Waals surface area contributed by atoms with Crippen LogP contribution in [-0.4, -0.2) is 61.6 Å². The Morgan fingerprint density at radius 1 is 1.00 bits per heavy atom. The van der Waals surface area contributed by atoms with Crippen molar-refractivity contribution < 1.29 is 43.4 Å². The van der Waals surface area contributed by atoms with Gasteiger partial charge in [-0.1, -0.05) is 36.4 Å². The standard InChI is InChI=1S/C21H22NO9P/c23-17-16(12-29-21(25)14-7-2-1-3-8-14)30-20(18(24)19(17)31-32(26,27)28)22-11-10-13-6-4-5-9-15(13)22/h1-11,16-20,23-24H,12H2,(H2,26,27,28)/t16-,17-,18-,19+,20-/m1/s1. The summed E-state index contributed by atoms with van der Waals surface area (Å²) in [5.41, 5.74) is 0.969. The van der Waals surface area contributed by atoms with Gasteiger partial charge in [-0.05, 0) is 29.7 Å². The van der Waals surface area contributed by atoms with Gasteiger partial charge in [0.25, 0.3) is 0 Å². The molecule has 1 aromatic heterocycles. The third-order valence-electron chi connectivity index (χ3n) is 5.21. The third kappa shape index (κ3) is 4.77. The number of esters is 1. The fourth-order valence-electron chi connectivity index (χ4n) is 3.71. The highest BCUT2D eigenvalue weighted by atomic mass is 31.2. The normalized spacial score (nSPS) is 26.2. The van der Waals surface area contributed by atoms with Gasteiger partial charge in [0.05, 0.1) is 11.1 Å². The first-order valence-electron chi connectivity index (χ1n) is 9.78. The Labute approximate surface area is 182 Å². The number of fused-ring (bicyclic) bond motifs is 1. The van der Waals surface area contributed by atoms with Gasteiger partial charge in [0.1, 0.15) is 31.0 Å². The molecular weight excluding hydrogens is 441 g/mol. The second kappa shape index (κ2) is 9.13. The van der Waals surface area contributed by atoms with Crippen LogP contribution in [0.15, 0.2) is 66.9 Å². The predicted molar refractivity (Wildman–Crippen MR) is 112 cm³/mol. The van der Waals surface area contributed by atoms with Gasteiger partial charge in [-0.25, -0.2) is 9.36 Å². The number of para-hydroxylation sites is 1. The summed E-state index contributed by atoms with van der Waals surface area (Å²) in [6.07, 6.45) is -5.77. The van der Waals surface area contributed by atoms with Crippen LogP contribution in [0.2, 0.25) is 0 Å². The van der Waals surface area contributed by atoms with Crippen LogP contribution in [0.4, 0.5) is 0 Å². The Morgan fingerprint density at radius 3 is 2.41 bits per heavy atom. The number of hydrogen-bond donors (Lipinski definition) is 4. The smallest absolute Gasteiger partial charge is 0.459 e. The molecule has 32 heavy (non-hydrogen) atoms. The number of aromatic nitrogens is 1. The van der Waals surface area contributed by atoms with E-state index in [2.05, 4.69) is 0 Å². The molecule has 2 aromatic carbocycles. The van der Waals surface area contributed by atoms with Crippen LogP contribution in [0.25, 0.3) is 10.9 Å². The highest BCUT2D eigenvalue weighted by Crippen LogP contribution is 2.43. The summed E-state index contributed by atoms with van der Waals surface area (Å²) in [7, 11) is -5.07. The topological polar surface area (TPSA) is 148 Å². The quantitative estimate of drug-likeness (QED) is 0.316. The van der Waals surface area contributed by atoms with Crippen LogP contribution in [0.5, 0.6) is 0 Å². The van der Waals surface area contributed by atoms with E-state index in [0.29, 0.717) is 5.52 Å². The molecule has 0 amide bonds. The van der Waals surface area contributed by atoms with Crippen molar-refractivity contribution in [3.05, 3.63) is 72.4 Å². The van der Waals surface area contributed by atoms with E-state index in [0.717, 1.165) is 5.39 Å². The fourth-order valence-corrected chi connectivity index (χ4v) is 4.28. The molecule has 4 rings (SSSR count). The molecule has 0 spiro atoms. The summed E-state index contributed by atoms with van der Waals surface area (Å²) in [5, 5.41) is 22.2. The maximum absolute atomic E-state index is 12.3. The van der Waals surface area contributed by atoms with Gasteiger partial charge in [-0.15, -0.1) is 0 Å². The van der Waals surface area contributed by atoms with Gasteiger partial charge in [-0.2, -0.15) is 0 Å². The number of hydrogen-bond acceptors (Lipinski definition) is 7. The Morgan fingerprint density at radius 2 is 1.69 bits per heavy atom. The molecule has 1 saturated heterocycles. The van der Waals surface area contributed by atoms with E-state index in [1.54, 1.807) is 59.3 Å². The largest absolute Gasteiger partial charge is 0.470 e. The molecule has 4 N–H and O–H groups in total. The molecular formula is C21H22NO9P. The van der Waals surface area contributed by atoms with Crippen LogP contribution >= 0.6 is 7.82 Å². The second-order valence-electron chi connectivity index (χ2n) is 7.35. The zero-order chi connectivity index (χ0) is 22.9. The Hall–Kier alpha value is -2.56. The van der Waals surface area contributed by atoms with Gasteiger partial charge >= 0.3 is 13.8 Å². The minimum atomic E-state index is -5.07. The van der Waals surface area contributed by atoms with Crippen molar-refractivity contribution in [3.63, 3.8) is 0 Å². The van der Waals surface area contributed by atoms with Crippen molar-refractivity contribution in [2.75, 3.05) is 6.61 Å². The zero-order valence-electron chi connectivity index (χ0n) is 16.7. The molecule has 0 unspecified atom stereocenters. The summed E-state index contributed by atoms with van der Waals surface area (Å²) >= 11 is 0. The summed E-state index contributed by atoms with van der Waals surface area (Å²) in [6.45, 7) is -0.432. The second-order valence-corrected chi connectivity index (χ2v) is 8.55. The summed E-state index contributed by atoms with van der Waals surface area (Å²) in [4.78, 5) is 30.8. The van der Waals surface area contributed by atoms with Gasteiger partial charge < -0.3 is 34.0 Å². The highest BCUT2D eigenvalue weighted by molar-refractivity contribution is 7.46. The first-order valence-corrected chi connectivity index (χ1v) is 11.3. The lowest BCUT2D eigenvalue weighted by molar-refractivity contribution is -0.246. The predicted octanol–water partition coefficient (Wildman–Crippen LogP) is 1.60. The molecule has 0 bridgehead atoms. The van der Waals surface area contributed by atoms with E-state index in [1.807, 2.05) is 12.1 Å². The first kappa shape index (κ1) is 22.6. The number of aliphatic hydroxyl groups is 2. The van der Waals surface area contributed by atoms with E-state index >= 15 is 0 Å². The van der Waals surface area contributed by atoms with Crippen LogP contribution in [-0.2, 0) is 18.6 Å². The van der Waals surface area contributed by atoms with Crippen LogP contribution in [0.1, 0.15) is 16.6 Å². The molecule has 1 fully saturated rings. The summed E-state index contributed by atoms with van der Waals surface area (Å²) in [6, 6.07) is 17.2. The average molecular weight is 463 g/mol. The maximum Gasteiger partial charge on any atom is 0.470 e. The van der Waals surface area contributed by atoms with Gasteiger partial charge in [-0.3, -0.25) is 4.52 Å². The fraction of sp³-hybridized carbons (Fsp3) is 0.286. The monoisotopic (exact) mass is 463 g/mol. The molecule has 11 heteroatoms. The minimum absolute atomic E-state index is 0.286. The summed E-state index contributed by atoms with van der Waals surface area (Å²) in [5.74, 6) is -0.664. The zero-order valence-corrected chi connectivity index (χ0v) is 17.6. The van der Waals surface area contributed by atoms with Crippen molar-refractivity contribution in [1.29, 1.82) is 0 Å². The number of rotatable bonds is 6. The molecule has 1 aliphatic heterocycles. The average Bonchev–Trinajstić information content (AvgIpc) is 3.20. The number of aliphatic hydroxyl groups excluding tert-OH is 2. The Kier molecular flexibility index (Phi) is 6.45. The summed E-state index contributed by atoms with van der Waals surface area (Å²) < 4.78 is 28.8. The van der Waals surface area contributed by atoms with Gasteiger partial charge in [0, 0.05) is 6.20 Å². The van der Waals surface area contributed by atoms with E-state index in [-0.39, 0.29) is 5.56 Å². The number of carbonyl (C=O) groups is 1. The Bertz CT molecular complexity index is 1130. The lowest BCUT2D eigenvalue weighted by Crippen LogP contribution is -2.57. The minimum Gasteiger partial charge on any atom is -0.459 e. The van der Waals surface area contributed by atoms with Crippen LogP contribution < -0.4 is 0 Å². The van der Waals surface area contributed by atoms with E-state index in [1.165, 1.54) is 0 Å². The van der Waals surface area contributed by atoms with E-state index in [9.17, 15) is 29.4 Å².